The van der Waals surface area contributed by atoms with E-state index >= 15 is 0 Å². The fraction of sp³-hybridized carbons (Fsp3) is 0.467. The number of benzene rings is 1. The summed E-state index contributed by atoms with van der Waals surface area (Å²) in [6, 6.07) is 8.20. The van der Waals surface area contributed by atoms with Gasteiger partial charge < -0.3 is 9.64 Å². The number of para-hydroxylation sites is 2. The number of aryl methyl sites for hydroxylation is 1. The van der Waals surface area contributed by atoms with E-state index in [-0.39, 0.29) is 0 Å². The first-order valence-corrected chi connectivity index (χ1v) is 7.21. The molecule has 0 amide bonds. The summed E-state index contributed by atoms with van der Waals surface area (Å²) in [5.41, 5.74) is 1.18. The molecule has 112 valence electrons. The molecular formula is C15H21N5O. The summed E-state index contributed by atoms with van der Waals surface area (Å²) in [6.45, 7) is 4.89. The first-order valence-electron chi connectivity index (χ1n) is 7.21. The highest BCUT2D eigenvalue weighted by Gasteiger charge is 2.20. The molecule has 0 unspecified atom stereocenters. The molecule has 21 heavy (non-hydrogen) atoms. The minimum absolute atomic E-state index is 0.857. The molecule has 0 radical (unpaired) electrons. The average molecular weight is 287 g/mol. The van der Waals surface area contributed by atoms with Gasteiger partial charge in [0.15, 0.2) is 0 Å². The highest BCUT2D eigenvalue weighted by atomic mass is 16.5. The molecule has 0 atom stereocenters. The predicted octanol–water partition coefficient (Wildman–Crippen LogP) is 1.15. The number of aromatic nitrogens is 3. The van der Waals surface area contributed by atoms with Crippen molar-refractivity contribution in [3.05, 3.63) is 36.4 Å². The lowest BCUT2D eigenvalue weighted by molar-refractivity contribution is 0.240. The monoisotopic (exact) mass is 287 g/mol. The number of ether oxygens (including phenoxy) is 1. The molecule has 0 N–H and O–H groups in total. The maximum Gasteiger partial charge on any atom is 0.142 e. The van der Waals surface area contributed by atoms with E-state index in [1.807, 2.05) is 23.9 Å². The second-order valence-electron chi connectivity index (χ2n) is 5.23. The van der Waals surface area contributed by atoms with E-state index in [1.165, 1.54) is 5.69 Å². The van der Waals surface area contributed by atoms with Crippen LogP contribution in [0, 0.1) is 0 Å². The van der Waals surface area contributed by atoms with Gasteiger partial charge in [0.05, 0.1) is 19.3 Å². The quantitative estimate of drug-likeness (QED) is 0.844. The van der Waals surface area contributed by atoms with E-state index in [9.17, 15) is 0 Å². The Morgan fingerprint density at radius 3 is 2.57 bits per heavy atom. The molecule has 6 heteroatoms. The molecule has 1 saturated heterocycles. The molecular weight excluding hydrogens is 266 g/mol. The van der Waals surface area contributed by atoms with Crippen LogP contribution >= 0.6 is 0 Å². The van der Waals surface area contributed by atoms with Gasteiger partial charge in [0, 0.05) is 33.2 Å². The fourth-order valence-corrected chi connectivity index (χ4v) is 2.70. The third kappa shape index (κ3) is 3.00. The van der Waals surface area contributed by atoms with Crippen LogP contribution in [-0.4, -0.2) is 53.0 Å². The highest BCUT2D eigenvalue weighted by molar-refractivity contribution is 5.58. The van der Waals surface area contributed by atoms with Gasteiger partial charge >= 0.3 is 0 Å². The van der Waals surface area contributed by atoms with Crippen molar-refractivity contribution < 1.29 is 4.74 Å². The topological polar surface area (TPSA) is 46.4 Å². The van der Waals surface area contributed by atoms with Crippen LogP contribution in [0.15, 0.2) is 30.6 Å². The summed E-state index contributed by atoms with van der Waals surface area (Å²) >= 11 is 0. The molecule has 2 aromatic rings. The van der Waals surface area contributed by atoms with E-state index in [2.05, 4.69) is 32.0 Å². The molecule has 1 aromatic carbocycles. The standard InChI is InChI=1S/C15H21N5O/c1-18-15(16-12-17-18)11-19-7-9-20(10-8-19)13-5-3-4-6-14(13)21-2/h3-6,12H,7-11H2,1-2H3. The van der Waals surface area contributed by atoms with E-state index < -0.39 is 0 Å². The minimum atomic E-state index is 0.857. The van der Waals surface area contributed by atoms with Gasteiger partial charge in [-0.05, 0) is 12.1 Å². The molecule has 6 nitrogen and oxygen atoms in total. The van der Waals surface area contributed by atoms with Crippen LogP contribution in [0.4, 0.5) is 5.69 Å². The molecule has 0 spiro atoms. The lowest BCUT2D eigenvalue weighted by atomic mass is 10.2. The van der Waals surface area contributed by atoms with E-state index in [1.54, 1.807) is 13.4 Å². The van der Waals surface area contributed by atoms with Gasteiger partial charge in [-0.25, -0.2) is 4.98 Å². The Morgan fingerprint density at radius 2 is 1.90 bits per heavy atom. The third-order valence-corrected chi connectivity index (χ3v) is 3.97. The number of hydrogen-bond acceptors (Lipinski definition) is 5. The molecule has 0 aliphatic carbocycles. The number of anilines is 1. The molecule has 1 aromatic heterocycles. The van der Waals surface area contributed by atoms with Gasteiger partial charge in [-0.15, -0.1) is 0 Å². The van der Waals surface area contributed by atoms with Gasteiger partial charge in [-0.1, -0.05) is 12.1 Å². The fourth-order valence-electron chi connectivity index (χ4n) is 2.70. The van der Waals surface area contributed by atoms with Crippen molar-refractivity contribution in [3.63, 3.8) is 0 Å². The van der Waals surface area contributed by atoms with Crippen molar-refractivity contribution in [2.75, 3.05) is 38.2 Å². The van der Waals surface area contributed by atoms with Crippen molar-refractivity contribution in [2.24, 2.45) is 7.05 Å². The van der Waals surface area contributed by atoms with Gasteiger partial charge in [0.25, 0.3) is 0 Å². The van der Waals surface area contributed by atoms with Gasteiger partial charge in [0.1, 0.15) is 17.9 Å². The average Bonchev–Trinajstić information content (AvgIpc) is 2.93. The van der Waals surface area contributed by atoms with Crippen LogP contribution in [0.2, 0.25) is 0 Å². The van der Waals surface area contributed by atoms with Crippen LogP contribution < -0.4 is 9.64 Å². The first kappa shape index (κ1) is 13.9. The van der Waals surface area contributed by atoms with Crippen LogP contribution in [-0.2, 0) is 13.6 Å². The van der Waals surface area contributed by atoms with Crippen molar-refractivity contribution in [3.8, 4) is 5.75 Å². The SMILES string of the molecule is COc1ccccc1N1CCN(Cc2ncnn2C)CC1. The van der Waals surface area contributed by atoms with Crippen molar-refractivity contribution in [1.82, 2.24) is 19.7 Å². The van der Waals surface area contributed by atoms with Crippen LogP contribution in [0.1, 0.15) is 5.82 Å². The van der Waals surface area contributed by atoms with Crippen molar-refractivity contribution in [1.29, 1.82) is 0 Å². The second kappa shape index (κ2) is 6.13. The molecule has 0 saturated carbocycles. The lowest BCUT2D eigenvalue weighted by Crippen LogP contribution is -2.46. The van der Waals surface area contributed by atoms with Crippen LogP contribution in [0.3, 0.4) is 0 Å². The number of hydrogen-bond donors (Lipinski definition) is 0. The molecule has 0 bridgehead atoms. The zero-order chi connectivity index (χ0) is 14.7. The molecule has 2 heterocycles. The lowest BCUT2D eigenvalue weighted by Gasteiger charge is -2.36. The third-order valence-electron chi connectivity index (χ3n) is 3.97. The van der Waals surface area contributed by atoms with E-state index in [4.69, 9.17) is 4.74 Å². The van der Waals surface area contributed by atoms with Crippen molar-refractivity contribution in [2.45, 2.75) is 6.54 Å². The summed E-state index contributed by atoms with van der Waals surface area (Å²) in [5, 5.41) is 4.12. The maximum absolute atomic E-state index is 5.45. The summed E-state index contributed by atoms with van der Waals surface area (Å²) in [7, 11) is 3.66. The smallest absolute Gasteiger partial charge is 0.142 e. The highest BCUT2D eigenvalue weighted by Crippen LogP contribution is 2.28. The summed E-state index contributed by atoms with van der Waals surface area (Å²) in [5.74, 6) is 1.96. The van der Waals surface area contributed by atoms with E-state index in [0.29, 0.717) is 0 Å². The Balaban J connectivity index is 1.61. The molecule has 3 rings (SSSR count). The Bertz CT molecular complexity index is 589. The molecule has 1 aliphatic heterocycles. The predicted molar refractivity (Wildman–Crippen MR) is 81.5 cm³/mol. The maximum atomic E-state index is 5.45. The van der Waals surface area contributed by atoms with Gasteiger partial charge in [-0.2, -0.15) is 5.10 Å². The molecule has 1 aliphatic rings. The number of methoxy groups -OCH3 is 1. The van der Waals surface area contributed by atoms with Crippen molar-refractivity contribution >= 4 is 5.69 Å². The zero-order valence-electron chi connectivity index (χ0n) is 12.6. The van der Waals surface area contributed by atoms with Crippen LogP contribution in [0.5, 0.6) is 5.75 Å². The Hall–Kier alpha value is -2.08. The number of piperazine rings is 1. The van der Waals surface area contributed by atoms with Crippen LogP contribution in [0.25, 0.3) is 0 Å². The minimum Gasteiger partial charge on any atom is -0.495 e. The normalized spacial score (nSPS) is 16.2. The second-order valence-corrected chi connectivity index (χ2v) is 5.23. The summed E-state index contributed by atoms with van der Waals surface area (Å²) in [4.78, 5) is 9.08. The Morgan fingerprint density at radius 1 is 1.14 bits per heavy atom. The van der Waals surface area contributed by atoms with Gasteiger partial charge in [-0.3, -0.25) is 9.58 Å². The summed E-state index contributed by atoms with van der Waals surface area (Å²) < 4.78 is 7.29. The first-order chi connectivity index (χ1) is 10.3. The zero-order valence-corrected chi connectivity index (χ0v) is 12.6. The molecule has 1 fully saturated rings. The largest absolute Gasteiger partial charge is 0.495 e. The Labute approximate surface area is 124 Å². The van der Waals surface area contributed by atoms with Gasteiger partial charge in [0.2, 0.25) is 0 Å². The van der Waals surface area contributed by atoms with E-state index in [0.717, 1.165) is 44.3 Å². The number of rotatable bonds is 4. The summed E-state index contributed by atoms with van der Waals surface area (Å²) in [6.07, 6.45) is 1.61. The Kier molecular flexibility index (Phi) is 4.06. The number of nitrogens with zero attached hydrogens (tertiary/aromatic N) is 5.